The Kier molecular flexibility index (Phi) is 6.15. The van der Waals surface area contributed by atoms with Gasteiger partial charge in [-0.3, -0.25) is 0 Å². The van der Waals surface area contributed by atoms with Gasteiger partial charge in [0.25, 0.3) is 0 Å². The first kappa shape index (κ1) is 28.6. The van der Waals surface area contributed by atoms with Gasteiger partial charge in [0, 0.05) is 50.2 Å². The molecule has 0 bridgehead atoms. The van der Waals surface area contributed by atoms with Crippen molar-refractivity contribution in [2.45, 2.75) is 0 Å². The Hall–Kier alpha value is -7.18. The molecule has 0 aliphatic carbocycles. The zero-order valence-electron chi connectivity index (χ0n) is 27.6. The molecule has 4 heterocycles. The first-order valence-electron chi connectivity index (χ1n) is 17.2. The molecule has 0 unspecified atom stereocenters. The molecule has 6 heteroatoms. The smallest absolute Gasteiger partial charge is 0.228 e. The first-order valence-corrected chi connectivity index (χ1v) is 17.2. The van der Waals surface area contributed by atoms with Crippen LogP contribution in [0, 0.1) is 0 Å². The molecule has 52 heavy (non-hydrogen) atoms. The van der Waals surface area contributed by atoms with Crippen molar-refractivity contribution < 1.29 is 8.83 Å². The summed E-state index contributed by atoms with van der Waals surface area (Å²) < 4.78 is 13.3. The highest BCUT2D eigenvalue weighted by Gasteiger charge is 2.22. The molecule has 0 aliphatic rings. The lowest BCUT2D eigenvalue weighted by Crippen LogP contribution is -2.00. The molecule has 11 rings (SSSR count). The van der Waals surface area contributed by atoms with Crippen LogP contribution in [-0.4, -0.2) is 19.9 Å². The van der Waals surface area contributed by atoms with Crippen molar-refractivity contribution in [1.82, 2.24) is 19.9 Å². The number of benzene rings is 7. The third-order valence-corrected chi connectivity index (χ3v) is 9.97. The number of aromatic nitrogens is 4. The number of fused-ring (bicyclic) bond motifs is 8. The lowest BCUT2D eigenvalue weighted by Gasteiger charge is -2.09. The van der Waals surface area contributed by atoms with Gasteiger partial charge in [0.15, 0.2) is 17.5 Å². The summed E-state index contributed by atoms with van der Waals surface area (Å²) >= 11 is 0. The summed E-state index contributed by atoms with van der Waals surface area (Å²) in [5.74, 6) is 1.73. The SMILES string of the molecule is c1ccc(-c2nc(-c3ccc4ccccc4c3)nc(-c3ccnc4oc5c(-c6cccc7c6oc6cc8ccccc8cc67)cccc5c34)n2)cc1. The third-order valence-electron chi connectivity index (χ3n) is 9.97. The number of para-hydroxylation sites is 2. The molecule has 242 valence electrons. The van der Waals surface area contributed by atoms with Crippen LogP contribution < -0.4 is 0 Å². The number of hydrogen-bond acceptors (Lipinski definition) is 6. The Labute approximate surface area is 296 Å². The van der Waals surface area contributed by atoms with Gasteiger partial charge in [-0.15, -0.1) is 0 Å². The van der Waals surface area contributed by atoms with Gasteiger partial charge >= 0.3 is 0 Å². The minimum absolute atomic E-state index is 0.511. The van der Waals surface area contributed by atoms with Gasteiger partial charge in [-0.05, 0) is 45.8 Å². The maximum absolute atomic E-state index is 6.64. The Morgan fingerprint density at radius 1 is 0.385 bits per heavy atom. The second-order valence-electron chi connectivity index (χ2n) is 13.0. The van der Waals surface area contributed by atoms with Crippen LogP contribution >= 0.6 is 0 Å². The van der Waals surface area contributed by atoms with Crippen molar-refractivity contribution in [2.75, 3.05) is 0 Å². The molecule has 6 nitrogen and oxygen atoms in total. The van der Waals surface area contributed by atoms with E-state index in [1.165, 1.54) is 5.39 Å². The molecular weight excluding hydrogens is 641 g/mol. The second-order valence-corrected chi connectivity index (χ2v) is 13.0. The maximum atomic E-state index is 6.64. The molecule has 0 amide bonds. The van der Waals surface area contributed by atoms with Crippen molar-refractivity contribution in [3.8, 4) is 45.3 Å². The number of furan rings is 2. The van der Waals surface area contributed by atoms with Crippen LogP contribution in [0.2, 0.25) is 0 Å². The zero-order valence-corrected chi connectivity index (χ0v) is 27.6. The topological polar surface area (TPSA) is 77.8 Å². The van der Waals surface area contributed by atoms with E-state index in [9.17, 15) is 0 Å². The van der Waals surface area contributed by atoms with E-state index < -0.39 is 0 Å². The van der Waals surface area contributed by atoms with E-state index in [0.717, 1.165) is 82.3 Å². The predicted molar refractivity (Wildman–Crippen MR) is 209 cm³/mol. The molecule has 0 radical (unpaired) electrons. The van der Waals surface area contributed by atoms with Crippen LogP contribution in [0.1, 0.15) is 0 Å². The van der Waals surface area contributed by atoms with E-state index in [1.54, 1.807) is 6.20 Å². The number of hydrogen-bond donors (Lipinski definition) is 0. The van der Waals surface area contributed by atoms with Gasteiger partial charge in [-0.1, -0.05) is 127 Å². The maximum Gasteiger partial charge on any atom is 0.228 e. The minimum Gasteiger partial charge on any atom is -0.455 e. The fourth-order valence-electron chi connectivity index (χ4n) is 7.48. The van der Waals surface area contributed by atoms with Gasteiger partial charge in [-0.2, -0.15) is 0 Å². The van der Waals surface area contributed by atoms with Crippen LogP contribution in [0.5, 0.6) is 0 Å². The van der Waals surface area contributed by atoms with Crippen molar-refractivity contribution >= 4 is 65.6 Å². The molecule has 0 atom stereocenters. The Balaban J connectivity index is 1.13. The van der Waals surface area contributed by atoms with Crippen molar-refractivity contribution in [3.05, 3.63) is 158 Å². The number of nitrogens with zero attached hydrogens (tertiary/aromatic N) is 4. The van der Waals surface area contributed by atoms with E-state index in [-0.39, 0.29) is 0 Å². The molecular formula is C46H26N4O2. The second kappa shape index (κ2) is 11.2. The average Bonchev–Trinajstić information content (AvgIpc) is 3.78. The van der Waals surface area contributed by atoms with E-state index in [1.807, 2.05) is 48.5 Å². The third kappa shape index (κ3) is 4.44. The van der Waals surface area contributed by atoms with Crippen LogP contribution in [0.25, 0.3) is 111 Å². The summed E-state index contributed by atoms with van der Waals surface area (Å²) in [5.41, 5.74) is 7.42. The summed E-state index contributed by atoms with van der Waals surface area (Å²) in [6.45, 7) is 0. The molecule has 0 saturated heterocycles. The highest BCUT2D eigenvalue weighted by atomic mass is 16.3. The summed E-state index contributed by atoms with van der Waals surface area (Å²) in [7, 11) is 0. The Bertz CT molecular complexity index is 3200. The average molecular weight is 667 g/mol. The van der Waals surface area contributed by atoms with E-state index in [0.29, 0.717) is 23.2 Å². The normalized spacial score (nSPS) is 11.8. The highest BCUT2D eigenvalue weighted by Crippen LogP contribution is 2.43. The molecule has 11 aromatic rings. The molecule has 0 aliphatic heterocycles. The molecule has 7 aromatic carbocycles. The van der Waals surface area contributed by atoms with Crippen molar-refractivity contribution in [1.29, 1.82) is 0 Å². The Morgan fingerprint density at radius 2 is 1.02 bits per heavy atom. The summed E-state index contributed by atoms with van der Waals surface area (Å²) in [4.78, 5) is 19.9. The van der Waals surface area contributed by atoms with Gasteiger partial charge in [0.05, 0.1) is 5.39 Å². The largest absolute Gasteiger partial charge is 0.455 e. The van der Waals surface area contributed by atoms with Crippen LogP contribution in [0.4, 0.5) is 0 Å². The van der Waals surface area contributed by atoms with E-state index >= 15 is 0 Å². The zero-order chi connectivity index (χ0) is 34.2. The summed E-state index contributed by atoms with van der Waals surface area (Å²) in [6.07, 6.45) is 1.76. The van der Waals surface area contributed by atoms with Crippen LogP contribution in [0.3, 0.4) is 0 Å². The highest BCUT2D eigenvalue weighted by molar-refractivity contribution is 6.18. The fourth-order valence-corrected chi connectivity index (χ4v) is 7.48. The quantitative estimate of drug-likeness (QED) is 0.186. The number of pyridine rings is 1. The molecule has 0 spiro atoms. The van der Waals surface area contributed by atoms with Gasteiger partial charge in [0.2, 0.25) is 5.71 Å². The summed E-state index contributed by atoms with van der Waals surface area (Å²) in [6, 6.07) is 51.8. The standard InChI is InChI=1S/C46H26N4O2/c1-2-11-28(12-3-1)43-48-44(32-21-20-27-10-4-5-13-29(27)24-32)50-45(49-43)37-22-23-47-46-40(37)36-19-9-17-34(42(36)52-46)33-16-8-18-35-38-25-30-14-6-7-15-31(30)26-39(38)51-41(33)35/h1-26H. The van der Waals surface area contributed by atoms with E-state index in [2.05, 4.69) is 103 Å². The molecule has 0 fully saturated rings. The van der Waals surface area contributed by atoms with E-state index in [4.69, 9.17) is 28.8 Å². The van der Waals surface area contributed by atoms with Gasteiger partial charge in [-0.25, -0.2) is 19.9 Å². The Morgan fingerprint density at radius 3 is 1.81 bits per heavy atom. The fraction of sp³-hybridized carbons (Fsp3) is 0. The lowest BCUT2D eigenvalue weighted by atomic mass is 9.99. The van der Waals surface area contributed by atoms with Crippen molar-refractivity contribution in [2.24, 2.45) is 0 Å². The van der Waals surface area contributed by atoms with Crippen LogP contribution in [0.15, 0.2) is 167 Å². The minimum atomic E-state index is 0.511. The molecule has 4 aromatic heterocycles. The van der Waals surface area contributed by atoms with Gasteiger partial charge < -0.3 is 8.83 Å². The van der Waals surface area contributed by atoms with Crippen LogP contribution in [-0.2, 0) is 0 Å². The van der Waals surface area contributed by atoms with Gasteiger partial charge in [0.1, 0.15) is 16.7 Å². The summed E-state index contributed by atoms with van der Waals surface area (Å²) in [5, 5.41) is 8.51. The lowest BCUT2D eigenvalue weighted by molar-refractivity contribution is 0.654. The van der Waals surface area contributed by atoms with Crippen molar-refractivity contribution in [3.63, 3.8) is 0 Å². The molecule has 0 N–H and O–H groups in total. The first-order chi connectivity index (χ1) is 25.7. The predicted octanol–water partition coefficient (Wildman–Crippen LogP) is 12.0. The number of rotatable bonds is 4. The monoisotopic (exact) mass is 666 g/mol. The molecule has 0 saturated carbocycles.